The molecule has 0 amide bonds. The zero-order valence-corrected chi connectivity index (χ0v) is 31.2. The fraction of sp³-hybridized carbons (Fsp3) is 0.944. The summed E-state index contributed by atoms with van der Waals surface area (Å²) in [6, 6.07) is 0. The summed E-state index contributed by atoms with van der Waals surface area (Å²) in [5.41, 5.74) is 0. The van der Waals surface area contributed by atoms with Crippen LogP contribution in [0.4, 0.5) is 0 Å². The molecule has 0 heterocycles. The minimum atomic E-state index is -0.914. The van der Waals surface area contributed by atoms with Gasteiger partial charge in [-0.15, -0.1) is 0 Å². The Hall–Kier alpha value is -0.517. The monoisotopic (exact) mass is 662 g/mol. The quantitative estimate of drug-likeness (QED) is 0.0533. The zero-order chi connectivity index (χ0) is 31.2. The van der Waals surface area contributed by atoms with Crippen LogP contribution in [-0.4, -0.2) is 35.4 Å². The third-order valence-electron chi connectivity index (χ3n) is 8.08. The van der Waals surface area contributed by atoms with E-state index in [9.17, 15) is 19.8 Å². The summed E-state index contributed by atoms with van der Waals surface area (Å²) in [6.07, 6.45) is 37.2. The molecule has 43 heavy (non-hydrogen) atoms. The molecule has 0 aliphatic rings. The zero-order valence-electron chi connectivity index (χ0n) is 28.3. The number of carbonyl (C=O) groups is 2. The van der Waals surface area contributed by atoms with Gasteiger partial charge in [-0.3, -0.25) is 0 Å². The van der Waals surface area contributed by atoms with Crippen molar-refractivity contribution in [1.82, 2.24) is 0 Å². The number of rotatable bonds is 34. The maximum absolute atomic E-state index is 10.2. The van der Waals surface area contributed by atoms with Crippen molar-refractivity contribution in [3.8, 4) is 0 Å². The molecule has 0 bridgehead atoms. The first-order valence-electron chi connectivity index (χ1n) is 18.2. The third-order valence-corrected chi connectivity index (χ3v) is 8.08. The molecule has 0 aromatic rings. The van der Waals surface area contributed by atoms with E-state index in [2.05, 4.69) is 0 Å². The molecule has 0 spiro atoms. The van der Waals surface area contributed by atoms with Crippen molar-refractivity contribution < 1.29 is 49.5 Å². The average Bonchev–Trinajstić information content (AvgIpc) is 2.97. The van der Waals surface area contributed by atoms with Gasteiger partial charge in [-0.05, 0) is 38.5 Å². The summed E-state index contributed by atoms with van der Waals surface area (Å²) in [4.78, 5) is 20.5. The number of carbonyl (C=O) groups excluding carboxylic acids is 2. The van der Waals surface area contributed by atoms with Crippen molar-refractivity contribution in [1.29, 1.82) is 0 Å². The Morgan fingerprint density at radius 3 is 0.581 bits per heavy atom. The Balaban J connectivity index is -0.000000727. The van der Waals surface area contributed by atoms with Gasteiger partial charge in [-0.1, -0.05) is 167 Å². The third kappa shape index (κ3) is 51.4. The normalized spacial score (nSPS) is 10.7. The van der Waals surface area contributed by atoms with Gasteiger partial charge in [0.15, 0.2) is 0 Å². The molecule has 0 saturated carbocycles. The van der Waals surface area contributed by atoms with Crippen LogP contribution in [0.5, 0.6) is 0 Å². The number of carboxylic acid groups (broad SMARTS) is 2. The van der Waals surface area contributed by atoms with Gasteiger partial charge in [-0.2, -0.15) is 0 Å². The van der Waals surface area contributed by atoms with E-state index in [1.54, 1.807) is 0 Å². The predicted molar refractivity (Wildman–Crippen MR) is 172 cm³/mol. The second-order valence-electron chi connectivity index (χ2n) is 12.3. The molecule has 0 saturated heterocycles. The van der Waals surface area contributed by atoms with Gasteiger partial charge in [0.1, 0.15) is 0 Å². The van der Waals surface area contributed by atoms with Crippen LogP contribution in [0, 0.1) is 0 Å². The van der Waals surface area contributed by atoms with E-state index >= 15 is 0 Å². The number of unbranched alkanes of at least 4 members (excludes halogenated alkanes) is 28. The molecule has 0 rings (SSSR count). The number of carboxylic acids is 2. The van der Waals surface area contributed by atoms with Crippen LogP contribution in [0.15, 0.2) is 0 Å². The molecule has 0 atom stereocenters. The van der Waals surface area contributed by atoms with Crippen LogP contribution in [-0.2, 0) is 29.1 Å². The van der Waals surface area contributed by atoms with E-state index < -0.39 is 11.9 Å². The summed E-state index contributed by atoms with van der Waals surface area (Å²) >= 11 is 0. The second-order valence-corrected chi connectivity index (χ2v) is 12.3. The first-order valence-corrected chi connectivity index (χ1v) is 18.2. The van der Waals surface area contributed by atoms with Crippen LogP contribution in [0.25, 0.3) is 0 Å². The molecular weight excluding hydrogens is 594 g/mol. The molecule has 252 valence electrons. The van der Waals surface area contributed by atoms with Crippen molar-refractivity contribution in [3.05, 3.63) is 0 Å². The van der Waals surface area contributed by atoms with Crippen molar-refractivity contribution in [2.45, 2.75) is 205 Å². The minimum Gasteiger partial charge on any atom is -0.550 e. The van der Waals surface area contributed by atoms with E-state index in [0.717, 1.165) is 38.5 Å². The van der Waals surface area contributed by atoms with Crippen molar-refractivity contribution in [2.75, 3.05) is 13.2 Å². The second kappa shape index (κ2) is 43.6. The summed E-state index contributed by atoms with van der Waals surface area (Å²) in [5, 5.41) is 37.8. The Kier molecular flexibility index (Phi) is 47.6. The van der Waals surface area contributed by atoms with Crippen molar-refractivity contribution in [3.63, 3.8) is 0 Å². The van der Waals surface area contributed by atoms with Crippen molar-refractivity contribution >= 4 is 11.9 Å². The van der Waals surface area contributed by atoms with E-state index in [1.165, 1.54) is 154 Å². The first kappa shape index (κ1) is 46.9. The molecule has 6 nitrogen and oxygen atoms in total. The maximum Gasteiger partial charge on any atom is 2.00 e. The van der Waals surface area contributed by atoms with Gasteiger partial charge >= 0.3 is 19.5 Å². The number of aliphatic carboxylic acids is 2. The Labute approximate surface area is 279 Å². The number of hydrogen-bond acceptors (Lipinski definition) is 6. The molecule has 0 aromatic carbocycles. The topological polar surface area (TPSA) is 121 Å². The summed E-state index contributed by atoms with van der Waals surface area (Å²) in [7, 11) is 0. The molecule has 0 unspecified atom stereocenters. The van der Waals surface area contributed by atoms with Crippen LogP contribution in [0.3, 0.4) is 0 Å². The molecule has 0 fully saturated rings. The van der Waals surface area contributed by atoms with Crippen molar-refractivity contribution in [2.24, 2.45) is 0 Å². The maximum atomic E-state index is 10.2. The average molecular weight is 664 g/mol. The van der Waals surface area contributed by atoms with E-state index in [0.29, 0.717) is 13.2 Å². The summed E-state index contributed by atoms with van der Waals surface area (Å²) < 4.78 is 0. The molecular formula is C36H70O6Zn. The van der Waals surface area contributed by atoms with Crippen LogP contribution in [0.2, 0.25) is 0 Å². The largest absolute Gasteiger partial charge is 2.00 e. The smallest absolute Gasteiger partial charge is 0.550 e. The summed E-state index contributed by atoms with van der Waals surface area (Å²) in [6.45, 7) is 0.688. The van der Waals surface area contributed by atoms with Gasteiger partial charge < -0.3 is 30.0 Å². The van der Waals surface area contributed by atoms with E-state index in [-0.39, 0.29) is 32.3 Å². The predicted octanol–water partition coefficient (Wildman–Crippen LogP) is 7.94. The Morgan fingerprint density at radius 2 is 0.442 bits per heavy atom. The Morgan fingerprint density at radius 1 is 0.302 bits per heavy atom. The molecule has 0 aromatic heterocycles. The van der Waals surface area contributed by atoms with E-state index in [1.807, 2.05) is 0 Å². The van der Waals surface area contributed by atoms with Gasteiger partial charge in [0.25, 0.3) is 0 Å². The molecule has 0 aliphatic heterocycles. The fourth-order valence-electron chi connectivity index (χ4n) is 5.36. The number of aliphatic hydroxyl groups excluding tert-OH is 2. The molecule has 0 aliphatic carbocycles. The SMILES string of the molecule is O=C([O-])CCCCCCCCCCCCCCCCCO.O=C([O-])CCCCCCCCCCCCCCCCCO.[Zn+2]. The number of aliphatic hydroxyl groups is 2. The standard InChI is InChI=1S/2C18H36O3.Zn/c2*19-17-15-13-11-9-7-5-3-1-2-4-6-8-10-12-14-16-18(20)21;/h2*19H,1-17H2,(H,20,21);/q;;+2/p-2. The molecule has 7 heteroatoms. The first-order chi connectivity index (χ1) is 20.5. The number of hydrogen-bond donors (Lipinski definition) is 2. The summed E-state index contributed by atoms with van der Waals surface area (Å²) in [5.74, 6) is -1.83. The molecule has 2 N–H and O–H groups in total. The van der Waals surface area contributed by atoms with Crippen LogP contribution in [0.1, 0.15) is 205 Å². The van der Waals surface area contributed by atoms with Crippen LogP contribution >= 0.6 is 0 Å². The Bertz CT molecular complexity index is 486. The van der Waals surface area contributed by atoms with Gasteiger partial charge in [0, 0.05) is 25.2 Å². The minimum absolute atomic E-state index is 0. The van der Waals surface area contributed by atoms with Gasteiger partial charge in [-0.25, -0.2) is 0 Å². The van der Waals surface area contributed by atoms with Crippen LogP contribution < -0.4 is 10.2 Å². The van der Waals surface area contributed by atoms with Gasteiger partial charge in [0.05, 0.1) is 0 Å². The van der Waals surface area contributed by atoms with Gasteiger partial charge in [0.2, 0.25) is 0 Å². The fourth-order valence-corrected chi connectivity index (χ4v) is 5.36. The van der Waals surface area contributed by atoms with E-state index in [4.69, 9.17) is 10.2 Å². The molecule has 0 radical (unpaired) electrons.